The first-order chi connectivity index (χ1) is 16.6. The first-order valence-electron chi connectivity index (χ1n) is 10.4. The Morgan fingerprint density at radius 3 is 2.35 bits per heavy atom. The first-order valence-corrected chi connectivity index (χ1v) is 14.0. The maximum Gasteiger partial charge on any atom is 0.222 e. The second-order valence-electron chi connectivity index (χ2n) is 7.35. The maximum absolute atomic E-state index is 13.2. The van der Waals surface area contributed by atoms with Gasteiger partial charge in [-0.2, -0.15) is 4.08 Å². The van der Waals surface area contributed by atoms with Gasteiger partial charge in [-0.1, -0.05) is 19.8 Å². The smallest absolute Gasteiger partial charge is 0.222 e. The fraction of sp³-hybridized carbons (Fsp3) is 0.474. The zero-order chi connectivity index (χ0) is 26.2. The second-order valence-corrected chi connectivity index (χ2v) is 11.7. The number of sulfonamides is 1. The van der Waals surface area contributed by atoms with Crippen LogP contribution < -0.4 is 4.74 Å². The van der Waals surface area contributed by atoms with Gasteiger partial charge in [0.2, 0.25) is 17.1 Å². The Hall–Kier alpha value is -1.56. The molecule has 0 aromatic heterocycles. The number of carbonyl (C=O) groups is 4. The van der Waals surface area contributed by atoms with Crippen LogP contribution in [-0.4, -0.2) is 85.0 Å². The van der Waals surface area contributed by atoms with Gasteiger partial charge in [-0.15, -0.1) is 0 Å². The Bertz CT molecular complexity index is 1020. The average Bonchev–Trinajstić information content (AvgIpc) is 3.13. The average molecular weight is 528 g/mol. The van der Waals surface area contributed by atoms with E-state index in [-0.39, 0.29) is 54.8 Å². The molecular formula is C19H23B2NO9PS2. The molecule has 3 atom stereocenters. The van der Waals surface area contributed by atoms with Crippen LogP contribution >= 0.6 is 19.8 Å². The molecule has 3 radical (unpaired) electrons. The molecule has 0 N–H and O–H groups in total. The van der Waals surface area contributed by atoms with Crippen molar-refractivity contribution in [2.45, 2.75) is 30.6 Å². The van der Waals surface area contributed by atoms with Crippen molar-refractivity contribution in [3.05, 3.63) is 28.8 Å². The van der Waals surface area contributed by atoms with Crippen LogP contribution in [0.1, 0.15) is 29.2 Å². The predicted molar refractivity (Wildman–Crippen MR) is 130 cm³/mol. The number of methoxy groups -OCH3 is 1. The van der Waals surface area contributed by atoms with E-state index in [4.69, 9.17) is 22.6 Å². The molecule has 15 heteroatoms. The summed E-state index contributed by atoms with van der Waals surface area (Å²) in [6.45, 7) is 1.53. The molecule has 34 heavy (non-hydrogen) atoms. The van der Waals surface area contributed by atoms with E-state index in [0.29, 0.717) is 11.9 Å². The number of hydrogen-bond acceptors (Lipinski definition) is 10. The van der Waals surface area contributed by atoms with Crippen LogP contribution in [0.4, 0.5) is 0 Å². The minimum Gasteiger partial charge on any atom is -0.467 e. The molecule has 0 saturated carbocycles. The molecule has 1 saturated heterocycles. The largest absolute Gasteiger partial charge is 0.467 e. The van der Waals surface area contributed by atoms with E-state index in [1.165, 1.54) is 23.3 Å². The minimum absolute atomic E-state index is 0.0643. The number of rotatable bonds is 15. The summed E-state index contributed by atoms with van der Waals surface area (Å²) in [4.78, 5) is 46.0. The zero-order valence-corrected chi connectivity index (χ0v) is 21.1. The quantitative estimate of drug-likeness (QED) is 0.0784. The molecule has 1 aliphatic heterocycles. The van der Waals surface area contributed by atoms with E-state index in [1.807, 2.05) is 0 Å². The highest BCUT2D eigenvalue weighted by Gasteiger charge is 2.46. The van der Waals surface area contributed by atoms with Gasteiger partial charge in [0.25, 0.3) is 0 Å². The lowest BCUT2D eigenvalue weighted by atomic mass is 9.93. The molecule has 1 aliphatic rings. The maximum atomic E-state index is 13.2. The van der Waals surface area contributed by atoms with Crippen molar-refractivity contribution in [2.24, 2.45) is 0 Å². The van der Waals surface area contributed by atoms with E-state index in [0.717, 1.165) is 7.09 Å². The number of benzene rings is 1. The third-order valence-electron chi connectivity index (χ3n) is 5.04. The summed E-state index contributed by atoms with van der Waals surface area (Å²) in [7, 11) is 2.80. The van der Waals surface area contributed by atoms with Gasteiger partial charge in [0.1, 0.15) is 24.7 Å². The van der Waals surface area contributed by atoms with Gasteiger partial charge in [0, 0.05) is 37.6 Å². The first kappa shape index (κ1) is 27.0. The highest BCUT2D eigenvalue weighted by Crippen LogP contribution is 2.45. The lowest BCUT2D eigenvalue weighted by molar-refractivity contribution is -0.129. The second kappa shape index (κ2) is 12.9. The summed E-state index contributed by atoms with van der Waals surface area (Å²) >= 11 is 0.610. The molecule has 1 aromatic carbocycles. The van der Waals surface area contributed by atoms with Crippen LogP contribution in [0.15, 0.2) is 12.1 Å². The van der Waals surface area contributed by atoms with E-state index >= 15 is 0 Å². The lowest BCUT2D eigenvalue weighted by Gasteiger charge is -2.27. The summed E-state index contributed by atoms with van der Waals surface area (Å²) in [5, 5.41) is -1.07. The topological polar surface area (TPSA) is 133 Å². The normalized spacial score (nSPS) is 19.6. The number of carbonyl (C=O) groups excluding carboxylic acids is 4. The van der Waals surface area contributed by atoms with Gasteiger partial charge >= 0.3 is 0 Å². The fourth-order valence-electron chi connectivity index (χ4n) is 3.68. The molecule has 1 heterocycles. The predicted octanol–water partition coefficient (Wildman–Crippen LogP) is 0.326. The Morgan fingerprint density at radius 2 is 1.91 bits per heavy atom. The van der Waals surface area contributed by atoms with Gasteiger partial charge in [0.15, 0.2) is 30.9 Å². The zero-order valence-electron chi connectivity index (χ0n) is 19.5. The molecule has 10 nitrogen and oxygen atoms in total. The Morgan fingerprint density at radius 1 is 1.32 bits per heavy atom. The molecule has 181 valence electrons. The fourth-order valence-corrected chi connectivity index (χ4v) is 7.94. The highest BCUT2D eigenvalue weighted by atomic mass is 32.2. The number of Topliss-reactive ketones (excluding diaryl/α,β-unsaturated/α-hetero) is 2. The van der Waals surface area contributed by atoms with Crippen molar-refractivity contribution < 1.29 is 41.3 Å². The van der Waals surface area contributed by atoms with Crippen molar-refractivity contribution in [1.82, 2.24) is 4.08 Å². The van der Waals surface area contributed by atoms with Crippen LogP contribution in [0.25, 0.3) is 0 Å². The third-order valence-corrected chi connectivity index (χ3v) is 9.73. The van der Waals surface area contributed by atoms with Gasteiger partial charge in [-0.05, 0) is 32.1 Å². The van der Waals surface area contributed by atoms with Crippen molar-refractivity contribution in [1.29, 1.82) is 1.34 Å². The summed E-state index contributed by atoms with van der Waals surface area (Å²) < 4.78 is 51.1. The summed E-state index contributed by atoms with van der Waals surface area (Å²) in [5.74, 6) is -1.51. The monoisotopic (exact) mass is 528 g/mol. The molecule has 2 rings (SSSR count). The molecule has 0 spiro atoms. The van der Waals surface area contributed by atoms with Crippen molar-refractivity contribution in [3.63, 3.8) is 0 Å². The standard InChI is InChI=1S/C19H23B2NO9PS2/c1-29-11-30-18-13(7-15(25)9-23)5-12(6-14(18)8-16(26)10-24)19(31-33-21)17-3-4-22(32(2)20)34(17,27)28/h5-6,9-10,17,19,21H,3-4,7-8,11H2,1-2H3/i21T. The summed E-state index contributed by atoms with van der Waals surface area (Å²) in [6, 6.07) is 2.90. The Kier molecular flexibility index (Phi) is 10.3. The number of ether oxygens (including phenoxy) is 2. The molecule has 0 bridgehead atoms. The van der Waals surface area contributed by atoms with Crippen molar-refractivity contribution in [2.75, 3.05) is 27.1 Å². The van der Waals surface area contributed by atoms with E-state index in [2.05, 4.69) is 0 Å². The Balaban J connectivity index is 2.69. The van der Waals surface area contributed by atoms with Crippen molar-refractivity contribution >= 4 is 68.7 Å². The highest BCUT2D eigenvalue weighted by molar-refractivity contribution is 8.15. The molecule has 1 aromatic rings. The molecule has 3 unspecified atom stereocenters. The van der Waals surface area contributed by atoms with Crippen LogP contribution in [0, 0.1) is 0 Å². The van der Waals surface area contributed by atoms with E-state index in [1.54, 1.807) is 6.66 Å². The van der Waals surface area contributed by atoms with Crippen LogP contribution in [0.5, 0.6) is 5.75 Å². The van der Waals surface area contributed by atoms with Crippen LogP contribution in [0.3, 0.4) is 0 Å². The molecule has 0 aliphatic carbocycles. The SMILES string of the molecule is [3H][B]SOC(c1cc(CC(=O)C=O)c(OCOC)c(CC(=O)C=O)c1)C1CCN(P([B])C)S1(=O)=O. The van der Waals surface area contributed by atoms with Gasteiger partial charge < -0.3 is 13.7 Å². The molecule has 1 fully saturated rings. The lowest BCUT2D eigenvalue weighted by Crippen LogP contribution is -2.30. The Labute approximate surface area is 207 Å². The van der Waals surface area contributed by atoms with Crippen LogP contribution in [0.2, 0.25) is 0 Å². The van der Waals surface area contributed by atoms with Gasteiger partial charge in [-0.3, -0.25) is 19.2 Å². The third kappa shape index (κ3) is 6.77. The van der Waals surface area contributed by atoms with Crippen LogP contribution in [-0.2, 0) is 51.0 Å². The van der Waals surface area contributed by atoms with E-state index < -0.39 is 53.7 Å². The van der Waals surface area contributed by atoms with Crippen molar-refractivity contribution in [3.8, 4) is 5.75 Å². The number of nitrogens with zero attached hydrogens (tertiary/aromatic N) is 1. The summed E-state index contributed by atoms with van der Waals surface area (Å²) in [6.07, 6.45) is -1.50. The van der Waals surface area contributed by atoms with Gasteiger partial charge in [0.05, 0.1) is 0 Å². The van der Waals surface area contributed by atoms with E-state index in [9.17, 15) is 27.6 Å². The number of hydrogen-bond donors (Lipinski definition) is 0. The number of ketones is 2. The number of aldehydes is 2. The molecule has 0 amide bonds. The summed E-state index contributed by atoms with van der Waals surface area (Å²) in [5.41, 5.74) is 0.629. The minimum atomic E-state index is -3.88. The molecular weight excluding hydrogens is 503 g/mol. The van der Waals surface area contributed by atoms with Gasteiger partial charge in [-0.25, -0.2) is 8.42 Å².